The standard InChI is InChI=1S/C21H22N2O3S/c1-26-20-10-12-21(13-11-20)27(24,25)23(17-19-9-5-6-15-22-19)16-14-18-7-3-2-4-8-18/h2-13,15H,14,16-17H2,1H3. The SMILES string of the molecule is COc1ccc(S(=O)(=O)N(CCc2ccccc2)Cc2ccccn2)cc1. The van der Waals surface area contributed by atoms with E-state index in [0.29, 0.717) is 24.4 Å². The minimum atomic E-state index is -3.66. The molecule has 0 spiro atoms. The first-order valence-electron chi connectivity index (χ1n) is 8.67. The Labute approximate surface area is 160 Å². The number of aromatic nitrogens is 1. The highest BCUT2D eigenvalue weighted by Gasteiger charge is 2.25. The zero-order valence-electron chi connectivity index (χ0n) is 15.2. The first-order chi connectivity index (χ1) is 13.1. The molecule has 0 saturated carbocycles. The summed E-state index contributed by atoms with van der Waals surface area (Å²) < 4.78 is 33.0. The zero-order chi connectivity index (χ0) is 19.1. The lowest BCUT2D eigenvalue weighted by Gasteiger charge is -2.22. The van der Waals surface area contributed by atoms with E-state index in [4.69, 9.17) is 4.74 Å². The molecule has 27 heavy (non-hydrogen) atoms. The summed E-state index contributed by atoms with van der Waals surface area (Å²) in [5.74, 6) is 0.620. The summed E-state index contributed by atoms with van der Waals surface area (Å²) in [6, 6.07) is 21.8. The van der Waals surface area contributed by atoms with E-state index in [-0.39, 0.29) is 11.4 Å². The van der Waals surface area contributed by atoms with Crippen molar-refractivity contribution in [3.8, 4) is 5.75 Å². The van der Waals surface area contributed by atoms with Gasteiger partial charge in [-0.1, -0.05) is 36.4 Å². The van der Waals surface area contributed by atoms with Crippen LogP contribution >= 0.6 is 0 Å². The second kappa shape index (κ2) is 8.79. The van der Waals surface area contributed by atoms with Crippen LogP contribution in [0, 0.1) is 0 Å². The van der Waals surface area contributed by atoms with Gasteiger partial charge in [-0.15, -0.1) is 0 Å². The third kappa shape index (κ3) is 4.93. The Morgan fingerprint density at radius 2 is 1.63 bits per heavy atom. The van der Waals surface area contributed by atoms with Crippen LogP contribution in [0.4, 0.5) is 0 Å². The van der Waals surface area contributed by atoms with Gasteiger partial charge in [0.25, 0.3) is 0 Å². The lowest BCUT2D eigenvalue weighted by Crippen LogP contribution is -2.33. The van der Waals surface area contributed by atoms with Crippen molar-refractivity contribution in [3.63, 3.8) is 0 Å². The number of hydrogen-bond donors (Lipinski definition) is 0. The third-order valence-corrected chi connectivity index (χ3v) is 6.11. The molecule has 3 rings (SSSR count). The van der Waals surface area contributed by atoms with Gasteiger partial charge in [-0.25, -0.2) is 8.42 Å². The van der Waals surface area contributed by atoms with Crippen LogP contribution in [0.2, 0.25) is 0 Å². The fourth-order valence-corrected chi connectivity index (χ4v) is 4.16. The van der Waals surface area contributed by atoms with Gasteiger partial charge in [0.05, 0.1) is 24.2 Å². The van der Waals surface area contributed by atoms with Crippen molar-refractivity contribution in [2.75, 3.05) is 13.7 Å². The van der Waals surface area contributed by atoms with Gasteiger partial charge in [0.2, 0.25) is 10.0 Å². The predicted octanol–water partition coefficient (Wildman–Crippen LogP) is 3.52. The zero-order valence-corrected chi connectivity index (χ0v) is 16.0. The Morgan fingerprint density at radius 3 is 2.26 bits per heavy atom. The van der Waals surface area contributed by atoms with Crippen LogP contribution in [0.3, 0.4) is 0 Å². The predicted molar refractivity (Wildman–Crippen MR) is 105 cm³/mol. The highest BCUT2D eigenvalue weighted by molar-refractivity contribution is 7.89. The molecule has 0 aliphatic rings. The average Bonchev–Trinajstić information content (AvgIpc) is 2.72. The number of pyridine rings is 1. The summed E-state index contributed by atoms with van der Waals surface area (Å²) in [6.07, 6.45) is 2.30. The first kappa shape index (κ1) is 19.1. The highest BCUT2D eigenvalue weighted by atomic mass is 32.2. The van der Waals surface area contributed by atoms with Gasteiger partial charge in [-0.05, 0) is 48.4 Å². The van der Waals surface area contributed by atoms with Crippen LogP contribution in [-0.2, 0) is 23.0 Å². The molecule has 140 valence electrons. The fraction of sp³-hybridized carbons (Fsp3) is 0.190. The lowest BCUT2D eigenvalue weighted by molar-refractivity contribution is 0.404. The van der Waals surface area contributed by atoms with E-state index >= 15 is 0 Å². The van der Waals surface area contributed by atoms with Gasteiger partial charge in [0.15, 0.2) is 0 Å². The van der Waals surface area contributed by atoms with Gasteiger partial charge in [-0.2, -0.15) is 4.31 Å². The molecule has 5 nitrogen and oxygen atoms in total. The molecular formula is C21H22N2O3S. The summed E-state index contributed by atoms with van der Waals surface area (Å²) in [5.41, 5.74) is 1.80. The van der Waals surface area contributed by atoms with Crippen molar-refractivity contribution in [1.82, 2.24) is 9.29 Å². The molecule has 2 aromatic carbocycles. The van der Waals surface area contributed by atoms with Crippen LogP contribution in [0.25, 0.3) is 0 Å². The molecule has 0 amide bonds. The summed E-state index contributed by atoms with van der Waals surface area (Å²) >= 11 is 0. The third-order valence-electron chi connectivity index (χ3n) is 4.25. The molecule has 0 aliphatic carbocycles. The van der Waals surface area contributed by atoms with Gasteiger partial charge in [-0.3, -0.25) is 4.98 Å². The molecule has 0 aliphatic heterocycles. The number of benzene rings is 2. The van der Waals surface area contributed by atoms with Crippen molar-refractivity contribution in [3.05, 3.63) is 90.3 Å². The van der Waals surface area contributed by atoms with E-state index in [0.717, 1.165) is 5.56 Å². The summed E-state index contributed by atoms with van der Waals surface area (Å²) in [5, 5.41) is 0. The molecule has 6 heteroatoms. The quantitative estimate of drug-likeness (QED) is 0.598. The van der Waals surface area contributed by atoms with E-state index in [1.54, 1.807) is 37.6 Å². The van der Waals surface area contributed by atoms with Crippen molar-refractivity contribution in [1.29, 1.82) is 0 Å². The number of hydrogen-bond acceptors (Lipinski definition) is 4. The first-order valence-corrected chi connectivity index (χ1v) is 10.1. The highest BCUT2D eigenvalue weighted by Crippen LogP contribution is 2.21. The van der Waals surface area contributed by atoms with Crippen molar-refractivity contribution >= 4 is 10.0 Å². The number of rotatable bonds is 8. The minimum Gasteiger partial charge on any atom is -0.497 e. The van der Waals surface area contributed by atoms with E-state index in [9.17, 15) is 8.42 Å². The monoisotopic (exact) mass is 382 g/mol. The number of ether oxygens (including phenoxy) is 1. The Balaban J connectivity index is 1.86. The molecule has 0 radical (unpaired) electrons. The Hall–Kier alpha value is -2.70. The smallest absolute Gasteiger partial charge is 0.243 e. The van der Waals surface area contributed by atoms with Crippen LogP contribution in [0.5, 0.6) is 5.75 Å². The second-order valence-electron chi connectivity index (χ2n) is 6.07. The molecule has 0 atom stereocenters. The Bertz CT molecular complexity index is 944. The molecule has 0 bridgehead atoms. The largest absolute Gasteiger partial charge is 0.497 e. The molecule has 1 heterocycles. The van der Waals surface area contributed by atoms with E-state index < -0.39 is 10.0 Å². The normalized spacial score (nSPS) is 11.5. The topological polar surface area (TPSA) is 59.5 Å². The Morgan fingerprint density at radius 1 is 0.926 bits per heavy atom. The van der Waals surface area contributed by atoms with Crippen molar-refractivity contribution in [2.45, 2.75) is 17.9 Å². The van der Waals surface area contributed by atoms with Crippen LogP contribution in [0.1, 0.15) is 11.3 Å². The summed E-state index contributed by atoms with van der Waals surface area (Å²) in [4.78, 5) is 4.52. The van der Waals surface area contributed by atoms with E-state index in [2.05, 4.69) is 4.98 Å². The maximum atomic E-state index is 13.2. The molecule has 3 aromatic rings. The second-order valence-corrected chi connectivity index (χ2v) is 8.01. The lowest BCUT2D eigenvalue weighted by atomic mass is 10.1. The average molecular weight is 382 g/mol. The molecular weight excluding hydrogens is 360 g/mol. The molecule has 0 N–H and O–H groups in total. The van der Waals surface area contributed by atoms with Gasteiger partial charge >= 0.3 is 0 Å². The van der Waals surface area contributed by atoms with Crippen LogP contribution < -0.4 is 4.74 Å². The molecule has 1 aromatic heterocycles. The fourth-order valence-electron chi connectivity index (χ4n) is 2.75. The van der Waals surface area contributed by atoms with Crippen molar-refractivity contribution < 1.29 is 13.2 Å². The number of nitrogens with zero attached hydrogens (tertiary/aromatic N) is 2. The van der Waals surface area contributed by atoms with Gasteiger partial charge < -0.3 is 4.74 Å². The van der Waals surface area contributed by atoms with E-state index in [1.807, 2.05) is 48.5 Å². The van der Waals surface area contributed by atoms with Gasteiger partial charge in [0, 0.05) is 12.7 Å². The molecule has 0 unspecified atom stereocenters. The summed E-state index contributed by atoms with van der Waals surface area (Å²) in [7, 11) is -2.10. The summed E-state index contributed by atoms with van der Waals surface area (Å²) in [6.45, 7) is 0.594. The van der Waals surface area contributed by atoms with Gasteiger partial charge in [0.1, 0.15) is 5.75 Å². The Kier molecular flexibility index (Phi) is 6.21. The minimum absolute atomic E-state index is 0.224. The van der Waals surface area contributed by atoms with Crippen LogP contribution in [-0.4, -0.2) is 31.4 Å². The van der Waals surface area contributed by atoms with Crippen LogP contribution in [0.15, 0.2) is 83.9 Å². The van der Waals surface area contributed by atoms with E-state index in [1.165, 1.54) is 4.31 Å². The molecule has 0 saturated heterocycles. The number of sulfonamides is 1. The number of methoxy groups -OCH3 is 1. The molecule has 0 fully saturated rings. The maximum absolute atomic E-state index is 13.2. The van der Waals surface area contributed by atoms with Crippen molar-refractivity contribution in [2.24, 2.45) is 0 Å². The maximum Gasteiger partial charge on any atom is 0.243 e.